The highest BCUT2D eigenvalue weighted by atomic mass is 32.1. The third-order valence-electron chi connectivity index (χ3n) is 9.78. The highest BCUT2D eigenvalue weighted by molar-refractivity contribution is 7.15. The van der Waals surface area contributed by atoms with Gasteiger partial charge in [-0.05, 0) is 94.2 Å². The zero-order valence-corrected chi connectivity index (χ0v) is 29.0. The Balaban J connectivity index is 1.05. The van der Waals surface area contributed by atoms with Crippen LogP contribution in [-0.2, 0) is 17.7 Å². The predicted octanol–water partition coefficient (Wildman–Crippen LogP) is 6.40. The molecule has 46 heavy (non-hydrogen) atoms. The average Bonchev–Trinajstić information content (AvgIpc) is 3.64. The molecule has 248 valence electrons. The molecule has 1 amide bonds. The lowest BCUT2D eigenvalue weighted by molar-refractivity contribution is 0.0284. The average molecular weight is 647 g/mol. The normalized spacial score (nSPS) is 20.4. The van der Waals surface area contributed by atoms with Crippen LogP contribution in [0.3, 0.4) is 0 Å². The number of carbonyl (C=O) groups excluding carboxylic acids is 1. The van der Waals surface area contributed by atoms with Crippen molar-refractivity contribution in [2.24, 2.45) is 11.8 Å². The first-order valence-electron chi connectivity index (χ1n) is 16.9. The number of thiazole rings is 1. The van der Waals surface area contributed by atoms with Gasteiger partial charge in [0.1, 0.15) is 16.4 Å². The molecule has 3 aliphatic heterocycles. The number of β-amino-alcohol motifs (C(OH)–C–C–N with tert-alkyl or cyclic N) is 1. The quantitative estimate of drug-likeness (QED) is 0.270. The second-order valence-corrected chi connectivity index (χ2v) is 15.3. The van der Waals surface area contributed by atoms with Crippen molar-refractivity contribution in [1.29, 1.82) is 0 Å². The van der Waals surface area contributed by atoms with E-state index in [4.69, 9.17) is 14.5 Å². The number of rotatable bonds is 9. The number of likely N-dealkylation sites (tertiary alicyclic amines) is 2. The molecule has 1 N–H and O–H groups in total. The van der Waals surface area contributed by atoms with Gasteiger partial charge >= 0.3 is 6.09 Å². The molecule has 6 rings (SSSR count). The molecule has 0 saturated carbocycles. The van der Waals surface area contributed by atoms with Crippen molar-refractivity contribution in [2.75, 3.05) is 59.0 Å². The zero-order valence-electron chi connectivity index (χ0n) is 28.2. The molecule has 2 unspecified atom stereocenters. The third kappa shape index (κ3) is 7.43. The standard InChI is InChI=1S/C37H50N4O4S/c1-25-29(9-6-11-31(25)35-38-32-14-17-40(18-19-42)24-34(32)46-35)30-10-7-12-33(26(30)2)44-20-8-15-39-16-13-27-22-41(23-28(27)21-39)36(43)45-37(3,4)5/h6-7,9-12,27-28,42H,8,13-24H2,1-5H3. The molecular formula is C37H50N4O4S. The fourth-order valence-corrected chi connectivity index (χ4v) is 8.54. The molecule has 0 spiro atoms. The molecule has 3 aliphatic rings. The molecule has 1 aromatic heterocycles. The Morgan fingerprint density at radius 1 is 0.957 bits per heavy atom. The topological polar surface area (TPSA) is 78.4 Å². The number of carbonyl (C=O) groups is 1. The lowest BCUT2D eigenvalue weighted by Gasteiger charge is -2.34. The fraction of sp³-hybridized carbons (Fsp3) is 0.568. The van der Waals surface area contributed by atoms with Crippen LogP contribution in [0.15, 0.2) is 36.4 Å². The third-order valence-corrected chi connectivity index (χ3v) is 10.9. The number of hydrogen-bond donors (Lipinski definition) is 1. The Kier molecular flexibility index (Phi) is 10.0. The van der Waals surface area contributed by atoms with Crippen molar-refractivity contribution in [1.82, 2.24) is 19.7 Å². The van der Waals surface area contributed by atoms with E-state index < -0.39 is 5.60 Å². The van der Waals surface area contributed by atoms with E-state index >= 15 is 0 Å². The first kappa shape index (κ1) is 32.9. The van der Waals surface area contributed by atoms with Crippen LogP contribution in [-0.4, -0.2) is 95.5 Å². The summed E-state index contributed by atoms with van der Waals surface area (Å²) in [6.07, 6.45) is 2.87. The molecule has 2 atom stereocenters. The summed E-state index contributed by atoms with van der Waals surface area (Å²) in [6.45, 7) is 18.3. The van der Waals surface area contributed by atoms with E-state index in [2.05, 4.69) is 60.0 Å². The molecule has 0 bridgehead atoms. The van der Waals surface area contributed by atoms with Gasteiger partial charge in [-0.25, -0.2) is 9.78 Å². The highest BCUT2D eigenvalue weighted by Crippen LogP contribution is 2.39. The van der Waals surface area contributed by atoms with Gasteiger partial charge in [-0.15, -0.1) is 11.3 Å². The van der Waals surface area contributed by atoms with Crippen LogP contribution in [0.1, 0.15) is 55.3 Å². The van der Waals surface area contributed by atoms with E-state index in [-0.39, 0.29) is 12.7 Å². The van der Waals surface area contributed by atoms with Gasteiger partial charge in [-0.1, -0.05) is 30.3 Å². The summed E-state index contributed by atoms with van der Waals surface area (Å²) in [5, 5.41) is 10.5. The number of piperidine rings is 1. The molecule has 8 nitrogen and oxygen atoms in total. The summed E-state index contributed by atoms with van der Waals surface area (Å²) in [4.78, 5) is 25.7. The van der Waals surface area contributed by atoms with Crippen LogP contribution in [0.2, 0.25) is 0 Å². The second-order valence-electron chi connectivity index (χ2n) is 14.2. The van der Waals surface area contributed by atoms with E-state index in [9.17, 15) is 9.90 Å². The minimum absolute atomic E-state index is 0.172. The van der Waals surface area contributed by atoms with Gasteiger partial charge in [-0.2, -0.15) is 0 Å². The highest BCUT2D eigenvalue weighted by Gasteiger charge is 2.40. The maximum absolute atomic E-state index is 12.6. The lowest BCUT2D eigenvalue weighted by Crippen LogP contribution is -2.40. The van der Waals surface area contributed by atoms with E-state index in [1.165, 1.54) is 32.8 Å². The van der Waals surface area contributed by atoms with Gasteiger partial charge in [-0.3, -0.25) is 4.90 Å². The van der Waals surface area contributed by atoms with Crippen molar-refractivity contribution in [2.45, 2.75) is 66.0 Å². The number of benzene rings is 2. The van der Waals surface area contributed by atoms with E-state index in [0.717, 1.165) is 81.4 Å². The number of aliphatic hydroxyl groups excluding tert-OH is 1. The number of aromatic nitrogens is 1. The van der Waals surface area contributed by atoms with Gasteiger partial charge < -0.3 is 24.4 Å². The molecule has 9 heteroatoms. The minimum atomic E-state index is -0.454. The molecule has 3 aromatic rings. The van der Waals surface area contributed by atoms with Crippen LogP contribution in [0, 0.1) is 25.7 Å². The maximum atomic E-state index is 12.6. The Morgan fingerprint density at radius 3 is 2.48 bits per heavy atom. The van der Waals surface area contributed by atoms with Gasteiger partial charge in [0.05, 0.1) is 18.9 Å². The van der Waals surface area contributed by atoms with Crippen LogP contribution < -0.4 is 4.74 Å². The predicted molar refractivity (Wildman–Crippen MR) is 184 cm³/mol. The van der Waals surface area contributed by atoms with Crippen LogP contribution in [0.25, 0.3) is 21.7 Å². The van der Waals surface area contributed by atoms with Crippen molar-refractivity contribution >= 4 is 17.4 Å². The minimum Gasteiger partial charge on any atom is -0.493 e. The summed E-state index contributed by atoms with van der Waals surface area (Å²) in [5.74, 6) is 2.05. The number of fused-ring (bicyclic) bond motifs is 2. The lowest BCUT2D eigenvalue weighted by atomic mass is 9.89. The first-order valence-corrected chi connectivity index (χ1v) is 17.8. The monoisotopic (exact) mass is 646 g/mol. The molecule has 2 saturated heterocycles. The molecular weight excluding hydrogens is 596 g/mol. The van der Waals surface area contributed by atoms with Gasteiger partial charge in [0.2, 0.25) is 0 Å². The van der Waals surface area contributed by atoms with E-state index in [0.29, 0.717) is 25.0 Å². The van der Waals surface area contributed by atoms with Crippen LogP contribution in [0.4, 0.5) is 4.79 Å². The Bertz CT molecular complexity index is 1530. The Labute approximate surface area is 278 Å². The zero-order chi connectivity index (χ0) is 32.4. The summed E-state index contributed by atoms with van der Waals surface area (Å²) in [5.41, 5.74) is 6.76. The van der Waals surface area contributed by atoms with Crippen molar-refractivity contribution in [3.05, 3.63) is 58.1 Å². The smallest absolute Gasteiger partial charge is 0.410 e. The Hall–Kier alpha value is -2.98. The van der Waals surface area contributed by atoms with Crippen molar-refractivity contribution < 1.29 is 19.4 Å². The number of hydrogen-bond acceptors (Lipinski definition) is 8. The summed E-state index contributed by atoms with van der Waals surface area (Å²) in [6, 6.07) is 12.9. The Morgan fingerprint density at radius 2 is 1.70 bits per heavy atom. The van der Waals surface area contributed by atoms with Crippen molar-refractivity contribution in [3.8, 4) is 27.4 Å². The number of aliphatic hydroxyl groups is 1. The number of ether oxygens (including phenoxy) is 2. The van der Waals surface area contributed by atoms with Gasteiger partial charge in [0.25, 0.3) is 0 Å². The van der Waals surface area contributed by atoms with Gasteiger partial charge in [0.15, 0.2) is 0 Å². The largest absolute Gasteiger partial charge is 0.493 e. The van der Waals surface area contributed by atoms with Crippen LogP contribution >= 0.6 is 11.3 Å². The molecule has 2 fully saturated rings. The molecule has 0 radical (unpaired) electrons. The number of amides is 1. The summed E-state index contributed by atoms with van der Waals surface area (Å²) in [7, 11) is 0. The SMILES string of the molecule is Cc1c(OCCCN2CCC3CN(C(=O)OC(C)(C)C)CC3C2)cccc1-c1cccc(-c2nc3c(s2)CN(CCO)CC3)c1C. The van der Waals surface area contributed by atoms with Gasteiger partial charge in [0, 0.05) is 62.7 Å². The maximum Gasteiger partial charge on any atom is 0.410 e. The fourth-order valence-electron chi connectivity index (χ4n) is 7.31. The molecule has 0 aliphatic carbocycles. The second kappa shape index (κ2) is 14.0. The van der Waals surface area contributed by atoms with Crippen LogP contribution in [0.5, 0.6) is 5.75 Å². The number of nitrogens with zero attached hydrogens (tertiary/aromatic N) is 4. The van der Waals surface area contributed by atoms with E-state index in [1.54, 1.807) is 11.3 Å². The molecule has 2 aromatic carbocycles. The summed E-state index contributed by atoms with van der Waals surface area (Å²) >= 11 is 1.79. The summed E-state index contributed by atoms with van der Waals surface area (Å²) < 4.78 is 12.0. The molecule has 4 heterocycles. The first-order chi connectivity index (χ1) is 22.1. The van der Waals surface area contributed by atoms with Crippen molar-refractivity contribution in [3.63, 3.8) is 0 Å². The van der Waals surface area contributed by atoms with E-state index in [1.807, 2.05) is 25.7 Å².